The molecule has 1 unspecified atom stereocenters. The van der Waals surface area contributed by atoms with Crippen LogP contribution in [0.25, 0.3) is 0 Å². The molecule has 2 aliphatic rings. The molecule has 2 saturated carbocycles. The average molecular weight is 168 g/mol. The van der Waals surface area contributed by atoms with Crippen LogP contribution in [0.1, 0.15) is 40.5 Å². The molecule has 0 amide bonds. The van der Waals surface area contributed by atoms with Crippen LogP contribution in [-0.4, -0.2) is 11.2 Å². The Balaban J connectivity index is 2.44. The van der Waals surface area contributed by atoms with E-state index in [4.69, 9.17) is 0 Å². The van der Waals surface area contributed by atoms with E-state index in [9.17, 15) is 5.11 Å². The Hall–Kier alpha value is -0.0400. The zero-order chi connectivity index (χ0) is 9.15. The van der Waals surface area contributed by atoms with Gasteiger partial charge in [-0.15, -0.1) is 0 Å². The van der Waals surface area contributed by atoms with Crippen LogP contribution in [0.2, 0.25) is 0 Å². The minimum atomic E-state index is -0.0637. The summed E-state index contributed by atoms with van der Waals surface area (Å²) in [5.74, 6) is 1.26. The van der Waals surface area contributed by atoms with Crippen LogP contribution in [0.3, 0.4) is 0 Å². The van der Waals surface area contributed by atoms with Gasteiger partial charge in [0.15, 0.2) is 0 Å². The summed E-state index contributed by atoms with van der Waals surface area (Å²) in [5.41, 5.74) is 0.545. The van der Waals surface area contributed by atoms with E-state index in [-0.39, 0.29) is 11.5 Å². The second-order valence-corrected chi connectivity index (χ2v) is 5.59. The van der Waals surface area contributed by atoms with E-state index >= 15 is 0 Å². The van der Waals surface area contributed by atoms with Gasteiger partial charge in [0, 0.05) is 0 Å². The van der Waals surface area contributed by atoms with Crippen LogP contribution in [0.15, 0.2) is 0 Å². The largest absolute Gasteiger partial charge is 0.392 e. The number of fused-ring (bicyclic) bond motifs is 2. The average Bonchev–Trinajstić information content (AvgIpc) is 2.26. The predicted octanol–water partition coefficient (Wildman–Crippen LogP) is 2.44. The number of aliphatic hydroxyl groups is 1. The fraction of sp³-hybridized carbons (Fsp3) is 1.00. The van der Waals surface area contributed by atoms with Crippen LogP contribution in [-0.2, 0) is 0 Å². The van der Waals surface area contributed by atoms with Crippen molar-refractivity contribution >= 4 is 0 Å². The first-order chi connectivity index (χ1) is 5.41. The van der Waals surface area contributed by atoms with Crippen LogP contribution < -0.4 is 0 Å². The van der Waals surface area contributed by atoms with Crippen molar-refractivity contribution in [3.8, 4) is 0 Å². The van der Waals surface area contributed by atoms with Gasteiger partial charge in [-0.1, -0.05) is 27.7 Å². The molecule has 0 aromatic heterocycles. The van der Waals surface area contributed by atoms with Crippen LogP contribution >= 0.6 is 0 Å². The summed E-state index contributed by atoms with van der Waals surface area (Å²) in [7, 11) is 0. The lowest BCUT2D eigenvalue weighted by Gasteiger charge is -2.37. The van der Waals surface area contributed by atoms with Crippen molar-refractivity contribution in [3.63, 3.8) is 0 Å². The molecule has 0 radical (unpaired) electrons. The van der Waals surface area contributed by atoms with Gasteiger partial charge in [0.05, 0.1) is 6.10 Å². The highest BCUT2D eigenvalue weighted by Crippen LogP contribution is 2.67. The van der Waals surface area contributed by atoms with Crippen molar-refractivity contribution in [1.82, 2.24) is 0 Å². The van der Waals surface area contributed by atoms with E-state index in [1.807, 2.05) is 0 Å². The highest BCUT2D eigenvalue weighted by molar-refractivity contribution is 5.13. The standard InChI is InChI=1S/C11H20O/c1-7-8-5-6-11(4,9(7)12)10(8,2)3/h7-9,12H,5-6H2,1-4H3/t7?,8-,9+,11-/m1/s1. The minimum Gasteiger partial charge on any atom is -0.392 e. The number of rotatable bonds is 0. The lowest BCUT2D eigenvalue weighted by atomic mass is 9.70. The highest BCUT2D eigenvalue weighted by Gasteiger charge is 2.64. The maximum atomic E-state index is 10.1. The van der Waals surface area contributed by atoms with Crippen LogP contribution in [0.5, 0.6) is 0 Å². The number of aliphatic hydroxyl groups excluding tert-OH is 1. The Morgan fingerprint density at radius 3 is 2.08 bits per heavy atom. The van der Waals surface area contributed by atoms with Gasteiger partial charge in [0.1, 0.15) is 0 Å². The highest BCUT2D eigenvalue weighted by atomic mass is 16.3. The molecule has 2 rings (SSSR count). The molecule has 0 saturated heterocycles. The second-order valence-electron chi connectivity index (χ2n) is 5.59. The third-order valence-corrected chi connectivity index (χ3v) is 5.16. The first kappa shape index (κ1) is 8.55. The summed E-state index contributed by atoms with van der Waals surface area (Å²) in [5, 5.41) is 10.1. The molecule has 2 bridgehead atoms. The topological polar surface area (TPSA) is 20.2 Å². The van der Waals surface area contributed by atoms with E-state index in [0.717, 1.165) is 5.92 Å². The van der Waals surface area contributed by atoms with Gasteiger partial charge in [0.2, 0.25) is 0 Å². The van der Waals surface area contributed by atoms with E-state index in [1.54, 1.807) is 0 Å². The SMILES string of the molecule is CC1[C@H]2CC[C@](C)([C@H]1O)C2(C)C. The Morgan fingerprint density at radius 2 is 1.83 bits per heavy atom. The Labute approximate surface area is 75.2 Å². The second kappa shape index (κ2) is 2.06. The quantitative estimate of drug-likeness (QED) is 0.589. The van der Waals surface area contributed by atoms with Crippen molar-refractivity contribution in [1.29, 1.82) is 0 Å². The van der Waals surface area contributed by atoms with Crippen molar-refractivity contribution in [2.45, 2.75) is 46.6 Å². The van der Waals surface area contributed by atoms with Crippen molar-refractivity contribution in [3.05, 3.63) is 0 Å². The maximum Gasteiger partial charge on any atom is 0.0627 e. The van der Waals surface area contributed by atoms with Gasteiger partial charge in [-0.05, 0) is 35.5 Å². The minimum absolute atomic E-state index is 0.0637. The summed E-state index contributed by atoms with van der Waals surface area (Å²) >= 11 is 0. The van der Waals surface area contributed by atoms with E-state index < -0.39 is 0 Å². The molecule has 1 heteroatoms. The monoisotopic (exact) mass is 168 g/mol. The number of hydrogen-bond acceptors (Lipinski definition) is 1. The van der Waals surface area contributed by atoms with Gasteiger partial charge in [-0.25, -0.2) is 0 Å². The molecular formula is C11H20O. The molecule has 12 heavy (non-hydrogen) atoms. The van der Waals surface area contributed by atoms with Gasteiger partial charge in [0.25, 0.3) is 0 Å². The fourth-order valence-electron chi connectivity index (χ4n) is 3.81. The zero-order valence-corrected chi connectivity index (χ0v) is 8.59. The van der Waals surface area contributed by atoms with Gasteiger partial charge in [-0.3, -0.25) is 0 Å². The summed E-state index contributed by atoms with van der Waals surface area (Å²) in [4.78, 5) is 0. The Morgan fingerprint density at radius 1 is 1.25 bits per heavy atom. The lowest BCUT2D eigenvalue weighted by molar-refractivity contribution is -0.00626. The molecule has 1 nitrogen and oxygen atoms in total. The smallest absolute Gasteiger partial charge is 0.0627 e. The molecule has 70 valence electrons. The zero-order valence-electron chi connectivity index (χ0n) is 8.59. The first-order valence-corrected chi connectivity index (χ1v) is 5.09. The number of hydrogen-bond donors (Lipinski definition) is 1. The van der Waals surface area contributed by atoms with Crippen molar-refractivity contribution in [2.75, 3.05) is 0 Å². The van der Waals surface area contributed by atoms with Crippen molar-refractivity contribution < 1.29 is 5.11 Å². The Kier molecular flexibility index (Phi) is 1.47. The molecule has 4 atom stereocenters. The van der Waals surface area contributed by atoms with Crippen molar-refractivity contribution in [2.24, 2.45) is 22.7 Å². The molecular weight excluding hydrogens is 148 g/mol. The molecule has 0 spiro atoms. The third-order valence-electron chi connectivity index (χ3n) is 5.16. The van der Waals surface area contributed by atoms with Crippen LogP contribution in [0, 0.1) is 22.7 Å². The Bertz CT molecular complexity index is 209. The molecule has 1 N–H and O–H groups in total. The molecule has 0 aromatic carbocycles. The molecule has 0 aliphatic heterocycles. The van der Waals surface area contributed by atoms with Gasteiger partial charge < -0.3 is 5.11 Å². The lowest BCUT2D eigenvalue weighted by Crippen LogP contribution is -2.36. The third kappa shape index (κ3) is 0.654. The summed E-state index contributed by atoms with van der Waals surface area (Å²) in [6.45, 7) is 9.14. The molecule has 0 heterocycles. The summed E-state index contributed by atoms with van der Waals surface area (Å²) in [6.07, 6.45) is 2.48. The first-order valence-electron chi connectivity index (χ1n) is 5.09. The molecule has 2 fully saturated rings. The fourth-order valence-corrected chi connectivity index (χ4v) is 3.81. The van der Waals surface area contributed by atoms with Gasteiger partial charge >= 0.3 is 0 Å². The maximum absolute atomic E-state index is 10.1. The van der Waals surface area contributed by atoms with E-state index in [0.29, 0.717) is 11.3 Å². The van der Waals surface area contributed by atoms with Crippen LogP contribution in [0.4, 0.5) is 0 Å². The summed E-state index contributed by atoms with van der Waals surface area (Å²) < 4.78 is 0. The predicted molar refractivity (Wildman–Crippen MR) is 49.8 cm³/mol. The summed E-state index contributed by atoms with van der Waals surface area (Å²) in [6, 6.07) is 0. The van der Waals surface area contributed by atoms with E-state index in [2.05, 4.69) is 27.7 Å². The normalized spacial score (nSPS) is 56.2. The van der Waals surface area contributed by atoms with E-state index in [1.165, 1.54) is 12.8 Å². The molecule has 0 aromatic rings. The molecule has 2 aliphatic carbocycles. The van der Waals surface area contributed by atoms with Gasteiger partial charge in [-0.2, -0.15) is 0 Å².